The first kappa shape index (κ1) is 15.4. The zero-order valence-electron chi connectivity index (χ0n) is 12.1. The molecule has 2 aromatic rings. The van der Waals surface area contributed by atoms with E-state index in [2.05, 4.69) is 15.0 Å². The molecule has 6 heteroatoms. The predicted octanol–water partition coefficient (Wildman–Crippen LogP) is 2.05. The first-order chi connectivity index (χ1) is 10.2. The normalized spacial score (nSPS) is 11.9. The average Bonchev–Trinajstić information content (AvgIpc) is 2.53. The zero-order valence-corrected chi connectivity index (χ0v) is 13.0. The number of carbonyl (C=O) groups is 1. The number of pyridine rings is 1. The SMILES string of the molecule is CC(Sc1ncccn1)C(=O)N(C)CCc1ccncc1. The molecule has 0 saturated heterocycles. The molecule has 0 radical (unpaired) electrons. The number of thioether (sulfide) groups is 1. The Morgan fingerprint density at radius 2 is 1.90 bits per heavy atom. The first-order valence-corrected chi connectivity index (χ1v) is 7.62. The molecule has 2 heterocycles. The molecule has 0 fully saturated rings. The van der Waals surface area contributed by atoms with Crippen LogP contribution in [0, 0.1) is 0 Å². The quantitative estimate of drug-likeness (QED) is 0.604. The topological polar surface area (TPSA) is 59.0 Å². The predicted molar refractivity (Wildman–Crippen MR) is 82.9 cm³/mol. The third kappa shape index (κ3) is 4.82. The molecule has 1 unspecified atom stereocenters. The molecule has 0 bridgehead atoms. The Balaban J connectivity index is 1.84. The lowest BCUT2D eigenvalue weighted by Crippen LogP contribution is -2.34. The van der Waals surface area contributed by atoms with Crippen LogP contribution in [0.1, 0.15) is 12.5 Å². The number of amides is 1. The summed E-state index contributed by atoms with van der Waals surface area (Å²) in [6, 6.07) is 5.69. The molecule has 5 nitrogen and oxygen atoms in total. The van der Waals surface area contributed by atoms with Crippen LogP contribution in [0.2, 0.25) is 0 Å². The molecule has 0 aliphatic rings. The Labute approximate surface area is 128 Å². The Hall–Kier alpha value is -1.95. The van der Waals surface area contributed by atoms with Crippen LogP contribution >= 0.6 is 11.8 Å². The lowest BCUT2D eigenvalue weighted by atomic mass is 10.2. The van der Waals surface area contributed by atoms with E-state index in [1.165, 1.54) is 17.3 Å². The van der Waals surface area contributed by atoms with Gasteiger partial charge in [0.25, 0.3) is 0 Å². The molecule has 110 valence electrons. The summed E-state index contributed by atoms with van der Waals surface area (Å²) in [6.45, 7) is 2.57. The molecule has 0 aliphatic carbocycles. The van der Waals surface area contributed by atoms with Crippen molar-refractivity contribution in [2.45, 2.75) is 23.8 Å². The lowest BCUT2D eigenvalue weighted by Gasteiger charge is -2.20. The lowest BCUT2D eigenvalue weighted by molar-refractivity contribution is -0.128. The maximum absolute atomic E-state index is 12.3. The second-order valence-electron chi connectivity index (χ2n) is 4.66. The number of hydrogen-bond acceptors (Lipinski definition) is 5. The molecule has 0 spiro atoms. The summed E-state index contributed by atoms with van der Waals surface area (Å²) in [6.07, 6.45) is 7.72. The summed E-state index contributed by atoms with van der Waals surface area (Å²) in [5, 5.41) is 0.427. The van der Waals surface area contributed by atoms with E-state index in [1.54, 1.807) is 35.8 Å². The minimum atomic E-state index is -0.199. The standard InChI is InChI=1S/C15H18N4OS/c1-12(21-15-17-7-3-8-18-15)14(20)19(2)11-6-13-4-9-16-10-5-13/h3-5,7-10,12H,6,11H2,1-2H3. The molecular weight excluding hydrogens is 284 g/mol. The van der Waals surface area contributed by atoms with E-state index >= 15 is 0 Å². The molecule has 1 amide bonds. The smallest absolute Gasteiger partial charge is 0.235 e. The minimum absolute atomic E-state index is 0.0847. The zero-order chi connectivity index (χ0) is 15.1. The second-order valence-corrected chi connectivity index (χ2v) is 5.96. The summed E-state index contributed by atoms with van der Waals surface area (Å²) in [5.74, 6) is 0.0847. The molecule has 21 heavy (non-hydrogen) atoms. The van der Waals surface area contributed by atoms with Gasteiger partial charge in [0.05, 0.1) is 5.25 Å². The third-order valence-electron chi connectivity index (χ3n) is 3.03. The first-order valence-electron chi connectivity index (χ1n) is 6.74. The summed E-state index contributed by atoms with van der Waals surface area (Å²) >= 11 is 1.38. The fraction of sp³-hybridized carbons (Fsp3) is 0.333. The highest BCUT2D eigenvalue weighted by molar-refractivity contribution is 8.00. The van der Waals surface area contributed by atoms with Gasteiger partial charge in [0.1, 0.15) is 0 Å². The van der Waals surface area contributed by atoms with E-state index in [0.29, 0.717) is 11.7 Å². The highest BCUT2D eigenvalue weighted by Gasteiger charge is 2.19. The summed E-state index contributed by atoms with van der Waals surface area (Å²) in [7, 11) is 1.83. The van der Waals surface area contributed by atoms with E-state index in [4.69, 9.17) is 0 Å². The van der Waals surface area contributed by atoms with Gasteiger partial charge in [-0.3, -0.25) is 9.78 Å². The van der Waals surface area contributed by atoms with Gasteiger partial charge in [-0.1, -0.05) is 11.8 Å². The largest absolute Gasteiger partial charge is 0.344 e. The van der Waals surface area contributed by atoms with Gasteiger partial charge in [0.15, 0.2) is 5.16 Å². The molecule has 0 aromatic carbocycles. The van der Waals surface area contributed by atoms with Gasteiger partial charge in [-0.25, -0.2) is 9.97 Å². The monoisotopic (exact) mass is 302 g/mol. The Morgan fingerprint density at radius 3 is 2.57 bits per heavy atom. The third-order valence-corrected chi connectivity index (χ3v) is 4.01. The van der Waals surface area contributed by atoms with Crippen molar-refractivity contribution < 1.29 is 4.79 Å². The van der Waals surface area contributed by atoms with E-state index in [-0.39, 0.29) is 11.2 Å². The number of rotatable bonds is 6. The van der Waals surface area contributed by atoms with Crippen molar-refractivity contribution in [3.8, 4) is 0 Å². The highest BCUT2D eigenvalue weighted by Crippen LogP contribution is 2.19. The maximum Gasteiger partial charge on any atom is 0.235 e. The van der Waals surface area contributed by atoms with E-state index in [9.17, 15) is 4.79 Å². The van der Waals surface area contributed by atoms with Gasteiger partial charge < -0.3 is 4.90 Å². The molecular formula is C15H18N4OS. The average molecular weight is 302 g/mol. The van der Waals surface area contributed by atoms with Crippen LogP contribution in [-0.2, 0) is 11.2 Å². The molecule has 2 rings (SSSR count). The van der Waals surface area contributed by atoms with Crippen molar-refractivity contribution in [3.63, 3.8) is 0 Å². The number of carbonyl (C=O) groups excluding carboxylic acids is 1. The molecule has 0 saturated carbocycles. The van der Waals surface area contributed by atoms with Crippen molar-refractivity contribution in [2.75, 3.05) is 13.6 Å². The summed E-state index contributed by atoms with van der Waals surface area (Å²) < 4.78 is 0. The Bertz CT molecular complexity index is 564. The van der Waals surface area contributed by atoms with E-state index in [1.807, 2.05) is 26.1 Å². The molecule has 2 aromatic heterocycles. The van der Waals surface area contributed by atoms with Crippen LogP contribution in [0.4, 0.5) is 0 Å². The number of nitrogens with zero attached hydrogens (tertiary/aromatic N) is 4. The molecule has 0 N–H and O–H groups in total. The molecule has 0 aliphatic heterocycles. The van der Waals surface area contributed by atoms with E-state index < -0.39 is 0 Å². The van der Waals surface area contributed by atoms with Gasteiger partial charge in [0.2, 0.25) is 5.91 Å². The fourth-order valence-corrected chi connectivity index (χ4v) is 2.66. The van der Waals surface area contributed by atoms with Gasteiger partial charge in [0, 0.05) is 38.4 Å². The van der Waals surface area contributed by atoms with Crippen molar-refractivity contribution >= 4 is 17.7 Å². The van der Waals surface area contributed by atoms with Gasteiger partial charge in [-0.15, -0.1) is 0 Å². The van der Waals surface area contributed by atoms with Gasteiger partial charge in [-0.2, -0.15) is 0 Å². The number of aromatic nitrogens is 3. The van der Waals surface area contributed by atoms with Crippen molar-refractivity contribution in [2.24, 2.45) is 0 Å². The second kappa shape index (κ2) is 7.73. The van der Waals surface area contributed by atoms with Gasteiger partial charge in [-0.05, 0) is 37.1 Å². The highest BCUT2D eigenvalue weighted by atomic mass is 32.2. The Kier molecular flexibility index (Phi) is 5.68. The van der Waals surface area contributed by atoms with Crippen LogP contribution in [0.5, 0.6) is 0 Å². The van der Waals surface area contributed by atoms with Crippen LogP contribution < -0.4 is 0 Å². The summed E-state index contributed by atoms with van der Waals surface area (Å²) in [5.41, 5.74) is 1.18. The van der Waals surface area contributed by atoms with E-state index in [0.717, 1.165) is 6.42 Å². The van der Waals surface area contributed by atoms with Gasteiger partial charge >= 0.3 is 0 Å². The number of likely N-dealkylation sites (N-methyl/N-ethyl adjacent to an activating group) is 1. The van der Waals surface area contributed by atoms with Crippen LogP contribution in [0.25, 0.3) is 0 Å². The fourth-order valence-electron chi connectivity index (χ4n) is 1.82. The van der Waals surface area contributed by atoms with Crippen LogP contribution in [0.3, 0.4) is 0 Å². The van der Waals surface area contributed by atoms with Crippen molar-refractivity contribution in [1.29, 1.82) is 0 Å². The minimum Gasteiger partial charge on any atom is -0.344 e. The Morgan fingerprint density at radius 1 is 1.24 bits per heavy atom. The molecule has 1 atom stereocenters. The maximum atomic E-state index is 12.3. The van der Waals surface area contributed by atoms with Crippen molar-refractivity contribution in [1.82, 2.24) is 19.9 Å². The van der Waals surface area contributed by atoms with Crippen molar-refractivity contribution in [3.05, 3.63) is 48.5 Å². The van der Waals surface area contributed by atoms with Crippen LogP contribution in [-0.4, -0.2) is 44.6 Å². The number of hydrogen-bond donors (Lipinski definition) is 0. The van der Waals surface area contributed by atoms with Crippen LogP contribution in [0.15, 0.2) is 48.1 Å². The summed E-state index contributed by atoms with van der Waals surface area (Å²) in [4.78, 5) is 26.3.